The maximum absolute atomic E-state index is 12.2. The number of hydrogen-bond donors (Lipinski definition) is 1. The number of carbonyl (C=O) groups excluding carboxylic acids is 1. The molecule has 1 N–H and O–H groups in total. The maximum Gasteiger partial charge on any atom is 0.251 e. The van der Waals surface area contributed by atoms with Crippen molar-refractivity contribution in [2.45, 2.75) is 13.2 Å². The number of nitrogens with one attached hydrogen (secondary N) is 1. The average Bonchev–Trinajstić information content (AvgIpc) is 3.05. The monoisotopic (exact) mass is 389 g/mol. The highest BCUT2D eigenvalue weighted by atomic mass is 35.5. The third-order valence-corrected chi connectivity index (χ3v) is 4.25. The molecule has 0 fully saturated rings. The number of benzene rings is 2. The van der Waals surface area contributed by atoms with E-state index in [1.807, 2.05) is 25.4 Å². The lowest BCUT2D eigenvalue weighted by molar-refractivity contribution is 0.0951. The van der Waals surface area contributed by atoms with Crippen LogP contribution in [0.2, 0.25) is 10.0 Å². The molecule has 26 heavy (non-hydrogen) atoms. The van der Waals surface area contributed by atoms with Gasteiger partial charge in [0.25, 0.3) is 5.91 Å². The Morgan fingerprint density at radius 2 is 1.92 bits per heavy atom. The molecule has 134 valence electrons. The lowest BCUT2D eigenvalue weighted by Crippen LogP contribution is -2.22. The summed E-state index contributed by atoms with van der Waals surface area (Å²) >= 11 is 11.9. The van der Waals surface area contributed by atoms with E-state index in [2.05, 4.69) is 10.4 Å². The van der Waals surface area contributed by atoms with Crippen molar-refractivity contribution < 1.29 is 9.53 Å². The number of halogens is 2. The van der Waals surface area contributed by atoms with Gasteiger partial charge in [-0.15, -0.1) is 0 Å². The van der Waals surface area contributed by atoms with Crippen molar-refractivity contribution in [2.24, 2.45) is 7.05 Å². The van der Waals surface area contributed by atoms with Crippen molar-refractivity contribution in [1.82, 2.24) is 15.1 Å². The third-order valence-electron chi connectivity index (χ3n) is 3.72. The van der Waals surface area contributed by atoms with Crippen LogP contribution in [-0.2, 0) is 20.2 Å². The fraction of sp³-hybridized carbons (Fsp3) is 0.158. The van der Waals surface area contributed by atoms with Gasteiger partial charge in [0, 0.05) is 35.9 Å². The quantitative estimate of drug-likeness (QED) is 0.685. The van der Waals surface area contributed by atoms with Gasteiger partial charge in [0.2, 0.25) is 0 Å². The zero-order chi connectivity index (χ0) is 18.5. The summed E-state index contributed by atoms with van der Waals surface area (Å²) in [5.41, 5.74) is 2.47. The molecule has 1 amide bonds. The second-order valence-corrected chi connectivity index (χ2v) is 6.61. The van der Waals surface area contributed by atoms with Crippen LogP contribution in [0.25, 0.3) is 0 Å². The van der Waals surface area contributed by atoms with Crippen LogP contribution in [0.5, 0.6) is 5.75 Å². The molecule has 7 heteroatoms. The summed E-state index contributed by atoms with van der Waals surface area (Å²) in [5.74, 6) is 0.427. The first-order chi connectivity index (χ1) is 12.5. The molecule has 5 nitrogen and oxygen atoms in total. The molecule has 0 saturated carbocycles. The van der Waals surface area contributed by atoms with Gasteiger partial charge in [-0.25, -0.2) is 0 Å². The van der Waals surface area contributed by atoms with Crippen LogP contribution >= 0.6 is 23.2 Å². The Bertz CT molecular complexity index is 907. The summed E-state index contributed by atoms with van der Waals surface area (Å²) in [6.45, 7) is 0.783. The summed E-state index contributed by atoms with van der Waals surface area (Å²) in [4.78, 5) is 12.2. The smallest absolute Gasteiger partial charge is 0.251 e. The normalized spacial score (nSPS) is 10.6. The first-order valence-corrected chi connectivity index (χ1v) is 8.69. The fourth-order valence-corrected chi connectivity index (χ4v) is 2.82. The minimum atomic E-state index is -0.137. The Labute approximate surface area is 161 Å². The van der Waals surface area contributed by atoms with Crippen molar-refractivity contribution in [3.05, 3.63) is 81.6 Å². The number of rotatable bonds is 6. The molecule has 0 bridgehead atoms. The van der Waals surface area contributed by atoms with Gasteiger partial charge in [-0.3, -0.25) is 9.48 Å². The van der Waals surface area contributed by atoms with Gasteiger partial charge in [0.05, 0.1) is 11.2 Å². The highest BCUT2D eigenvalue weighted by Gasteiger charge is 2.07. The third kappa shape index (κ3) is 4.77. The van der Waals surface area contributed by atoms with Crippen LogP contribution in [0.3, 0.4) is 0 Å². The molecule has 2 aromatic carbocycles. The second-order valence-electron chi connectivity index (χ2n) is 5.77. The lowest BCUT2D eigenvalue weighted by atomic mass is 10.1. The van der Waals surface area contributed by atoms with Gasteiger partial charge in [-0.2, -0.15) is 5.10 Å². The Morgan fingerprint density at radius 1 is 1.15 bits per heavy atom. The van der Waals surface area contributed by atoms with E-state index >= 15 is 0 Å². The molecule has 0 aliphatic rings. The summed E-state index contributed by atoms with van der Waals surface area (Å²) in [6, 6.07) is 12.3. The molecular weight excluding hydrogens is 373 g/mol. The van der Waals surface area contributed by atoms with Crippen molar-refractivity contribution in [1.29, 1.82) is 0 Å². The Morgan fingerprint density at radius 3 is 2.58 bits per heavy atom. The highest BCUT2D eigenvalue weighted by Crippen LogP contribution is 2.28. The van der Waals surface area contributed by atoms with Crippen molar-refractivity contribution >= 4 is 29.1 Å². The second kappa shape index (κ2) is 8.25. The van der Waals surface area contributed by atoms with Crippen LogP contribution < -0.4 is 10.1 Å². The molecule has 0 unspecified atom stereocenters. The summed E-state index contributed by atoms with van der Waals surface area (Å²) < 4.78 is 7.38. The predicted octanol–water partition coefficient (Wildman–Crippen LogP) is 4.24. The highest BCUT2D eigenvalue weighted by molar-refractivity contribution is 6.35. The van der Waals surface area contributed by atoms with Gasteiger partial charge in [0.15, 0.2) is 0 Å². The van der Waals surface area contributed by atoms with E-state index in [4.69, 9.17) is 27.9 Å². The average molecular weight is 390 g/mol. The number of ether oxygens (including phenoxy) is 1. The van der Waals surface area contributed by atoms with Gasteiger partial charge < -0.3 is 10.1 Å². The van der Waals surface area contributed by atoms with Crippen LogP contribution in [0, 0.1) is 0 Å². The van der Waals surface area contributed by atoms with E-state index in [-0.39, 0.29) is 5.91 Å². The largest absolute Gasteiger partial charge is 0.487 e. The number of carbonyl (C=O) groups is 1. The molecule has 3 rings (SSSR count). The Kier molecular flexibility index (Phi) is 5.81. The van der Waals surface area contributed by atoms with E-state index in [0.29, 0.717) is 34.5 Å². The molecule has 1 heterocycles. The summed E-state index contributed by atoms with van der Waals surface area (Å²) in [6.07, 6.45) is 3.59. The molecule has 3 aromatic rings. The fourth-order valence-electron chi connectivity index (χ4n) is 2.35. The van der Waals surface area contributed by atoms with Crippen LogP contribution in [0.4, 0.5) is 0 Å². The predicted molar refractivity (Wildman–Crippen MR) is 102 cm³/mol. The topological polar surface area (TPSA) is 56.2 Å². The summed E-state index contributed by atoms with van der Waals surface area (Å²) in [7, 11) is 1.84. The van der Waals surface area contributed by atoms with Gasteiger partial charge >= 0.3 is 0 Å². The van der Waals surface area contributed by atoms with E-state index in [1.165, 1.54) is 0 Å². The molecule has 1 aromatic heterocycles. The molecule has 0 saturated heterocycles. The Balaban J connectivity index is 1.54. The van der Waals surface area contributed by atoms with Gasteiger partial charge in [-0.1, -0.05) is 35.3 Å². The zero-order valence-corrected chi connectivity index (χ0v) is 15.6. The molecule has 0 aliphatic carbocycles. The van der Waals surface area contributed by atoms with E-state index in [1.54, 1.807) is 41.2 Å². The van der Waals surface area contributed by atoms with Crippen molar-refractivity contribution in [3.63, 3.8) is 0 Å². The SMILES string of the molecule is Cn1cc(CNC(=O)c2ccc(COc3ccc(Cl)cc3Cl)cc2)cn1. The number of amides is 1. The molecule has 0 radical (unpaired) electrons. The molecular formula is C19H17Cl2N3O2. The standard InChI is InChI=1S/C19H17Cl2N3O2/c1-24-11-14(10-23-24)9-22-19(25)15-4-2-13(3-5-15)12-26-18-7-6-16(20)8-17(18)21/h2-8,10-11H,9,12H2,1H3,(H,22,25). The summed E-state index contributed by atoms with van der Waals surface area (Å²) in [5, 5.41) is 7.96. The van der Waals surface area contributed by atoms with E-state index < -0.39 is 0 Å². The molecule has 0 spiro atoms. The first kappa shape index (κ1) is 18.3. The van der Waals surface area contributed by atoms with Gasteiger partial charge in [-0.05, 0) is 35.9 Å². The number of aryl methyl sites for hydroxylation is 1. The van der Waals surface area contributed by atoms with Crippen molar-refractivity contribution in [3.8, 4) is 5.75 Å². The van der Waals surface area contributed by atoms with Crippen LogP contribution in [-0.4, -0.2) is 15.7 Å². The number of hydrogen-bond acceptors (Lipinski definition) is 3. The molecule has 0 aliphatic heterocycles. The van der Waals surface area contributed by atoms with E-state index in [9.17, 15) is 4.79 Å². The number of nitrogens with zero attached hydrogens (tertiary/aromatic N) is 2. The minimum Gasteiger partial charge on any atom is -0.487 e. The van der Waals surface area contributed by atoms with Crippen molar-refractivity contribution in [2.75, 3.05) is 0 Å². The Hall–Kier alpha value is -2.50. The van der Waals surface area contributed by atoms with Crippen LogP contribution in [0.1, 0.15) is 21.5 Å². The minimum absolute atomic E-state index is 0.137. The van der Waals surface area contributed by atoms with Crippen LogP contribution in [0.15, 0.2) is 54.9 Å². The zero-order valence-electron chi connectivity index (χ0n) is 14.1. The lowest BCUT2D eigenvalue weighted by Gasteiger charge is -2.09. The molecule has 0 atom stereocenters. The number of aromatic nitrogens is 2. The van der Waals surface area contributed by atoms with E-state index in [0.717, 1.165) is 11.1 Å². The first-order valence-electron chi connectivity index (χ1n) is 7.94. The van der Waals surface area contributed by atoms with Gasteiger partial charge in [0.1, 0.15) is 12.4 Å². The maximum atomic E-state index is 12.2.